The van der Waals surface area contributed by atoms with Gasteiger partial charge in [-0.2, -0.15) is 0 Å². The molecule has 6 heteroatoms. The van der Waals surface area contributed by atoms with Crippen molar-refractivity contribution in [2.75, 3.05) is 0 Å². The van der Waals surface area contributed by atoms with E-state index >= 15 is 0 Å². The van der Waals surface area contributed by atoms with E-state index < -0.39 is 6.40 Å². The molecular formula is CH4BNO2S2. The van der Waals surface area contributed by atoms with Crippen LogP contribution in [0.1, 0.15) is 0 Å². The van der Waals surface area contributed by atoms with Gasteiger partial charge in [-0.15, -0.1) is 0 Å². The van der Waals surface area contributed by atoms with Gasteiger partial charge in [-0.1, -0.05) is 23.8 Å². The third-order valence-corrected chi connectivity index (χ3v) is 0.953. The first-order chi connectivity index (χ1) is 3.13. The highest BCUT2D eigenvalue weighted by atomic mass is 32.2. The summed E-state index contributed by atoms with van der Waals surface area (Å²) in [5, 5.41) is 16.1. The van der Waals surface area contributed by atoms with Gasteiger partial charge in [0.25, 0.3) is 0 Å². The quantitative estimate of drug-likeness (QED) is 0.317. The lowest BCUT2D eigenvalue weighted by Crippen LogP contribution is -2.13. The smallest absolute Gasteiger partial charge is 0.418 e. The molecule has 0 atom stereocenters. The summed E-state index contributed by atoms with van der Waals surface area (Å²) in [5.74, 6) is 0. The van der Waals surface area contributed by atoms with E-state index in [0.717, 1.165) is 0 Å². The molecule has 0 aliphatic rings. The summed E-state index contributed by atoms with van der Waals surface area (Å²) in [4.78, 5) is 0. The summed E-state index contributed by atoms with van der Waals surface area (Å²) in [6.07, 6.45) is -1.47. The van der Waals surface area contributed by atoms with Crippen molar-refractivity contribution in [3.8, 4) is 0 Å². The number of thiocarbonyl (C=S) groups is 1. The number of rotatable bonds is 1. The molecule has 0 aromatic rings. The highest BCUT2D eigenvalue weighted by Crippen LogP contribution is 1.98. The second-order valence-corrected chi connectivity index (χ2v) is 2.56. The summed E-state index contributed by atoms with van der Waals surface area (Å²) in [7, 11) is 0. The minimum absolute atomic E-state index is 0.0370. The molecule has 0 unspecified atom stereocenters. The first-order valence-electron chi connectivity index (χ1n) is 1.45. The minimum Gasteiger partial charge on any atom is -0.418 e. The Morgan fingerprint density at radius 3 is 2.14 bits per heavy atom. The lowest BCUT2D eigenvalue weighted by atomic mass is 10.4. The van der Waals surface area contributed by atoms with Crippen LogP contribution >= 0.6 is 23.8 Å². The molecule has 0 saturated heterocycles. The molecule has 7 heavy (non-hydrogen) atoms. The average Bonchev–Trinajstić information content (AvgIpc) is 1.27. The Hall–Kier alpha value is 0.225. The van der Waals surface area contributed by atoms with Gasteiger partial charge in [-0.3, -0.25) is 0 Å². The summed E-state index contributed by atoms with van der Waals surface area (Å²) in [6.45, 7) is 0. The van der Waals surface area contributed by atoms with Crippen molar-refractivity contribution in [3.63, 3.8) is 0 Å². The largest absolute Gasteiger partial charge is 0.533 e. The van der Waals surface area contributed by atoms with Crippen LogP contribution in [0.15, 0.2) is 0 Å². The molecule has 0 radical (unpaired) electrons. The first-order valence-corrected chi connectivity index (χ1v) is 2.74. The Kier molecular flexibility index (Phi) is 3.36. The molecule has 40 valence electrons. The topological polar surface area (TPSA) is 66.5 Å². The second kappa shape index (κ2) is 3.26. The van der Waals surface area contributed by atoms with Gasteiger partial charge in [-0.25, -0.2) is 0 Å². The molecule has 3 nitrogen and oxygen atoms in total. The predicted molar refractivity (Wildman–Crippen MR) is 34.6 cm³/mol. The van der Waals surface area contributed by atoms with Crippen molar-refractivity contribution in [3.05, 3.63) is 0 Å². The average molecular weight is 137 g/mol. The fourth-order valence-corrected chi connectivity index (χ4v) is 0.570. The van der Waals surface area contributed by atoms with Crippen LogP contribution in [0.2, 0.25) is 0 Å². The van der Waals surface area contributed by atoms with E-state index in [4.69, 9.17) is 15.8 Å². The molecule has 0 spiro atoms. The van der Waals surface area contributed by atoms with Crippen LogP contribution in [-0.2, 0) is 0 Å². The molecule has 0 aliphatic carbocycles. The summed E-state index contributed by atoms with van der Waals surface area (Å²) < 4.78 is 0.0370. The van der Waals surface area contributed by atoms with E-state index in [1.54, 1.807) is 0 Å². The Labute approximate surface area is 50.9 Å². The third-order valence-electron chi connectivity index (χ3n) is 0.222. The second-order valence-electron chi connectivity index (χ2n) is 0.763. The van der Waals surface area contributed by atoms with Crippen molar-refractivity contribution in [1.29, 1.82) is 0 Å². The van der Waals surface area contributed by atoms with E-state index in [-0.39, 0.29) is 4.32 Å². The normalized spacial score (nSPS) is 8.29. The number of hydrogen-bond acceptors (Lipinski definition) is 4. The van der Waals surface area contributed by atoms with Crippen molar-refractivity contribution in [2.45, 2.75) is 0 Å². The molecule has 0 saturated carbocycles. The summed E-state index contributed by atoms with van der Waals surface area (Å²) in [5.41, 5.74) is 4.87. The van der Waals surface area contributed by atoms with E-state index in [2.05, 4.69) is 12.2 Å². The molecule has 0 amide bonds. The molecule has 4 N–H and O–H groups in total. The molecule has 0 heterocycles. The van der Waals surface area contributed by atoms with Gasteiger partial charge in [0.05, 0.1) is 0 Å². The Bertz CT molecular complexity index is 76.1. The van der Waals surface area contributed by atoms with Crippen molar-refractivity contribution in [2.24, 2.45) is 5.73 Å². The predicted octanol–water partition coefficient (Wildman–Crippen LogP) is -1.07. The maximum Gasteiger partial charge on any atom is 0.533 e. The van der Waals surface area contributed by atoms with Crippen LogP contribution in [0.5, 0.6) is 0 Å². The van der Waals surface area contributed by atoms with E-state index in [1.165, 1.54) is 0 Å². The first kappa shape index (κ1) is 7.22. The van der Waals surface area contributed by atoms with E-state index in [1.807, 2.05) is 0 Å². The van der Waals surface area contributed by atoms with Crippen LogP contribution in [0.4, 0.5) is 0 Å². The van der Waals surface area contributed by atoms with E-state index in [0.29, 0.717) is 11.6 Å². The van der Waals surface area contributed by atoms with Gasteiger partial charge in [0, 0.05) is 0 Å². The van der Waals surface area contributed by atoms with Crippen LogP contribution in [0, 0.1) is 0 Å². The zero-order valence-corrected chi connectivity index (χ0v) is 5.00. The highest BCUT2D eigenvalue weighted by molar-refractivity contribution is 8.40. The zero-order valence-electron chi connectivity index (χ0n) is 3.37. The SMILES string of the molecule is NC(=S)SB(O)O. The van der Waals surface area contributed by atoms with Crippen molar-refractivity contribution in [1.82, 2.24) is 0 Å². The van der Waals surface area contributed by atoms with Crippen LogP contribution in [-0.4, -0.2) is 20.8 Å². The number of hydrogen-bond donors (Lipinski definition) is 3. The molecule has 0 aromatic heterocycles. The molecule has 0 aliphatic heterocycles. The molecular weight excluding hydrogens is 133 g/mol. The van der Waals surface area contributed by atoms with Gasteiger partial charge in [0.15, 0.2) is 0 Å². The van der Waals surface area contributed by atoms with E-state index in [9.17, 15) is 0 Å². The maximum absolute atomic E-state index is 8.07. The maximum atomic E-state index is 8.07. The summed E-state index contributed by atoms with van der Waals surface area (Å²) >= 11 is 4.92. The fourth-order valence-electron chi connectivity index (χ4n) is 0.104. The third kappa shape index (κ3) is 6.22. The van der Waals surface area contributed by atoms with Gasteiger partial charge < -0.3 is 15.8 Å². The number of nitrogens with two attached hydrogens (primary N) is 1. The molecule has 0 bridgehead atoms. The van der Waals surface area contributed by atoms with Crippen molar-refractivity contribution >= 4 is 34.5 Å². The molecule has 0 rings (SSSR count). The standard InChI is InChI=1S/CH4BNO2S2/c3-1(6)7-2(4)5/h4-5H,(H2,3,6). The zero-order chi connectivity index (χ0) is 5.86. The molecule has 0 fully saturated rings. The highest BCUT2D eigenvalue weighted by Gasteiger charge is 2.07. The van der Waals surface area contributed by atoms with Crippen molar-refractivity contribution < 1.29 is 10.0 Å². The van der Waals surface area contributed by atoms with Gasteiger partial charge in [0.1, 0.15) is 4.32 Å². The van der Waals surface area contributed by atoms with Crippen LogP contribution < -0.4 is 5.73 Å². The summed E-state index contributed by atoms with van der Waals surface area (Å²) in [6, 6.07) is 0. The Balaban J connectivity index is 3.13. The fraction of sp³-hybridized carbons (Fsp3) is 0. The monoisotopic (exact) mass is 137 g/mol. The van der Waals surface area contributed by atoms with Gasteiger partial charge in [-0.05, 0) is 0 Å². The minimum atomic E-state index is -1.47. The van der Waals surface area contributed by atoms with Crippen LogP contribution in [0.25, 0.3) is 0 Å². The van der Waals surface area contributed by atoms with Crippen LogP contribution in [0.3, 0.4) is 0 Å². The Morgan fingerprint density at radius 2 is 2.14 bits per heavy atom. The lowest BCUT2D eigenvalue weighted by Gasteiger charge is -1.90. The Morgan fingerprint density at radius 1 is 1.71 bits per heavy atom. The lowest BCUT2D eigenvalue weighted by molar-refractivity contribution is 0.438. The van der Waals surface area contributed by atoms with Gasteiger partial charge in [0.2, 0.25) is 0 Å². The molecule has 0 aromatic carbocycles. The van der Waals surface area contributed by atoms with Gasteiger partial charge >= 0.3 is 6.40 Å².